The van der Waals surface area contributed by atoms with E-state index in [1.165, 1.54) is 19.4 Å². The molecule has 4 heteroatoms. The number of likely N-dealkylation sites (tertiary alicyclic amines) is 1. The Balaban J connectivity index is 1.87. The van der Waals surface area contributed by atoms with Crippen LogP contribution in [0.2, 0.25) is 0 Å². The number of thiazole rings is 1. The van der Waals surface area contributed by atoms with Crippen LogP contribution in [0.3, 0.4) is 0 Å². The summed E-state index contributed by atoms with van der Waals surface area (Å²) in [5, 5.41) is 6.52. The zero-order chi connectivity index (χ0) is 9.10. The van der Waals surface area contributed by atoms with Crippen LogP contribution in [-0.4, -0.2) is 36.1 Å². The summed E-state index contributed by atoms with van der Waals surface area (Å²) in [6, 6.07) is 0.588. The lowest BCUT2D eigenvalue weighted by atomic mass is 10.1. The predicted molar refractivity (Wildman–Crippen MR) is 56.3 cm³/mol. The highest BCUT2D eigenvalue weighted by Crippen LogP contribution is 2.16. The molecule has 1 aromatic heterocycles. The fraction of sp³-hybridized carbons (Fsp3) is 0.667. The Morgan fingerprint density at radius 1 is 1.69 bits per heavy atom. The lowest BCUT2D eigenvalue weighted by molar-refractivity contribution is 0.261. The predicted octanol–water partition coefficient (Wildman–Crippen LogP) is 1.65. The van der Waals surface area contributed by atoms with Crippen molar-refractivity contribution in [3.8, 4) is 0 Å². The first-order chi connectivity index (χ1) is 6.34. The number of likely N-dealkylation sites (N-methyl/N-ethyl adjacent to an activating group) is 1. The molecule has 1 N–H and O–H groups in total. The summed E-state index contributed by atoms with van der Waals surface area (Å²) < 4.78 is 0. The molecule has 72 valence electrons. The van der Waals surface area contributed by atoms with E-state index in [1.807, 2.05) is 11.6 Å². The van der Waals surface area contributed by atoms with E-state index in [0.717, 1.165) is 11.7 Å². The maximum atomic E-state index is 4.22. The van der Waals surface area contributed by atoms with E-state index in [2.05, 4.69) is 22.2 Å². The van der Waals surface area contributed by atoms with E-state index in [4.69, 9.17) is 0 Å². The third kappa shape index (κ3) is 2.42. The highest BCUT2D eigenvalue weighted by Gasteiger charge is 2.16. The second kappa shape index (κ2) is 4.07. The number of hydrogen-bond acceptors (Lipinski definition) is 4. The van der Waals surface area contributed by atoms with Gasteiger partial charge < -0.3 is 10.2 Å². The van der Waals surface area contributed by atoms with Crippen molar-refractivity contribution in [1.82, 2.24) is 9.88 Å². The molecule has 1 aromatic rings. The molecule has 1 unspecified atom stereocenters. The van der Waals surface area contributed by atoms with Crippen molar-refractivity contribution in [2.24, 2.45) is 0 Å². The summed E-state index contributed by atoms with van der Waals surface area (Å²) in [5.41, 5.74) is 0. The minimum atomic E-state index is 0.588. The first-order valence-corrected chi connectivity index (χ1v) is 5.57. The Morgan fingerprint density at radius 2 is 2.62 bits per heavy atom. The summed E-state index contributed by atoms with van der Waals surface area (Å²) in [5.74, 6) is 0. The van der Waals surface area contributed by atoms with Crippen LogP contribution in [0.25, 0.3) is 0 Å². The fourth-order valence-corrected chi connectivity index (χ4v) is 2.36. The highest BCUT2D eigenvalue weighted by molar-refractivity contribution is 7.13. The first kappa shape index (κ1) is 8.97. The molecule has 2 rings (SSSR count). The largest absolute Gasteiger partial charge is 0.358 e. The molecule has 3 nitrogen and oxygen atoms in total. The van der Waals surface area contributed by atoms with E-state index in [0.29, 0.717) is 6.04 Å². The zero-order valence-electron chi connectivity index (χ0n) is 7.86. The van der Waals surface area contributed by atoms with E-state index >= 15 is 0 Å². The fourth-order valence-electron chi connectivity index (χ4n) is 1.75. The third-order valence-electron chi connectivity index (χ3n) is 2.38. The number of anilines is 1. The van der Waals surface area contributed by atoms with Gasteiger partial charge in [-0.15, -0.1) is 11.3 Å². The van der Waals surface area contributed by atoms with Crippen LogP contribution in [-0.2, 0) is 0 Å². The quantitative estimate of drug-likeness (QED) is 0.781. The van der Waals surface area contributed by atoms with Crippen molar-refractivity contribution in [2.75, 3.05) is 25.5 Å². The van der Waals surface area contributed by atoms with Crippen LogP contribution in [0.5, 0.6) is 0 Å². The van der Waals surface area contributed by atoms with Gasteiger partial charge in [-0.3, -0.25) is 0 Å². The molecule has 0 radical (unpaired) electrons. The molecular formula is C9H15N3S. The van der Waals surface area contributed by atoms with Gasteiger partial charge in [-0.05, 0) is 26.4 Å². The molecule has 0 aromatic carbocycles. The Bertz CT molecular complexity index is 247. The number of nitrogens with one attached hydrogen (secondary N) is 1. The second-order valence-electron chi connectivity index (χ2n) is 3.58. The summed E-state index contributed by atoms with van der Waals surface area (Å²) in [7, 11) is 2.18. The molecule has 0 saturated carbocycles. The van der Waals surface area contributed by atoms with Gasteiger partial charge in [0.25, 0.3) is 0 Å². The molecule has 0 bridgehead atoms. The van der Waals surface area contributed by atoms with Gasteiger partial charge in [-0.2, -0.15) is 0 Å². The van der Waals surface area contributed by atoms with Gasteiger partial charge in [0.15, 0.2) is 5.13 Å². The molecule has 0 aliphatic carbocycles. The van der Waals surface area contributed by atoms with E-state index < -0.39 is 0 Å². The Hall–Kier alpha value is -0.610. The van der Waals surface area contributed by atoms with Crippen LogP contribution in [0.15, 0.2) is 11.6 Å². The zero-order valence-corrected chi connectivity index (χ0v) is 8.68. The van der Waals surface area contributed by atoms with Crippen molar-refractivity contribution in [3.63, 3.8) is 0 Å². The molecule has 1 atom stereocenters. The molecule has 1 fully saturated rings. The maximum absolute atomic E-state index is 4.22. The van der Waals surface area contributed by atoms with E-state index in [-0.39, 0.29) is 0 Å². The Kier molecular flexibility index (Phi) is 2.80. The minimum absolute atomic E-state index is 0.588. The van der Waals surface area contributed by atoms with Crippen LogP contribution < -0.4 is 5.32 Å². The average Bonchev–Trinajstić information content (AvgIpc) is 2.57. The number of aromatic nitrogens is 1. The van der Waals surface area contributed by atoms with Crippen molar-refractivity contribution < 1.29 is 0 Å². The van der Waals surface area contributed by atoms with Crippen LogP contribution in [0.4, 0.5) is 5.13 Å². The monoisotopic (exact) mass is 197 g/mol. The van der Waals surface area contributed by atoms with Gasteiger partial charge in [-0.25, -0.2) is 4.98 Å². The maximum Gasteiger partial charge on any atom is 0.182 e. The molecular weight excluding hydrogens is 182 g/mol. The van der Waals surface area contributed by atoms with Gasteiger partial charge in [0, 0.05) is 24.2 Å². The Labute approximate surface area is 82.8 Å². The van der Waals surface area contributed by atoms with Crippen molar-refractivity contribution >= 4 is 16.5 Å². The van der Waals surface area contributed by atoms with Crippen molar-refractivity contribution in [1.29, 1.82) is 0 Å². The molecule has 0 spiro atoms. The van der Waals surface area contributed by atoms with Gasteiger partial charge in [0.1, 0.15) is 0 Å². The third-order valence-corrected chi connectivity index (χ3v) is 3.09. The summed E-state index contributed by atoms with van der Waals surface area (Å²) in [4.78, 5) is 6.59. The lowest BCUT2D eigenvalue weighted by Gasteiger charge is -2.29. The van der Waals surface area contributed by atoms with Crippen molar-refractivity contribution in [3.05, 3.63) is 11.6 Å². The number of rotatable bonds is 2. The molecule has 13 heavy (non-hydrogen) atoms. The average molecular weight is 197 g/mol. The summed E-state index contributed by atoms with van der Waals surface area (Å²) in [6.45, 7) is 2.37. The normalized spacial score (nSPS) is 24.5. The first-order valence-electron chi connectivity index (χ1n) is 4.69. The topological polar surface area (TPSA) is 28.2 Å². The summed E-state index contributed by atoms with van der Waals surface area (Å²) >= 11 is 1.68. The number of hydrogen-bond donors (Lipinski definition) is 1. The van der Waals surface area contributed by atoms with Gasteiger partial charge in [-0.1, -0.05) is 0 Å². The van der Waals surface area contributed by atoms with Gasteiger partial charge in [0.05, 0.1) is 0 Å². The molecule has 1 aliphatic heterocycles. The van der Waals surface area contributed by atoms with E-state index in [1.54, 1.807) is 11.3 Å². The van der Waals surface area contributed by atoms with Gasteiger partial charge >= 0.3 is 0 Å². The summed E-state index contributed by atoms with van der Waals surface area (Å²) in [6.07, 6.45) is 4.41. The molecule has 1 saturated heterocycles. The van der Waals surface area contributed by atoms with Crippen LogP contribution in [0.1, 0.15) is 12.8 Å². The van der Waals surface area contributed by atoms with Crippen LogP contribution >= 0.6 is 11.3 Å². The SMILES string of the molecule is CN1CCCC(Nc2nccs2)C1. The van der Waals surface area contributed by atoms with Crippen molar-refractivity contribution in [2.45, 2.75) is 18.9 Å². The second-order valence-corrected chi connectivity index (χ2v) is 4.48. The smallest absolute Gasteiger partial charge is 0.182 e. The highest BCUT2D eigenvalue weighted by atomic mass is 32.1. The standard InChI is InChI=1S/C9H15N3S/c1-12-5-2-3-8(7-12)11-9-10-4-6-13-9/h4,6,8H,2-3,5,7H2,1H3,(H,10,11). The minimum Gasteiger partial charge on any atom is -0.358 e. The molecule has 1 aliphatic rings. The van der Waals surface area contributed by atoms with E-state index in [9.17, 15) is 0 Å². The molecule has 0 amide bonds. The lowest BCUT2D eigenvalue weighted by Crippen LogP contribution is -2.39. The molecule has 2 heterocycles. The van der Waals surface area contributed by atoms with Crippen LogP contribution in [0, 0.1) is 0 Å². The number of nitrogens with zero attached hydrogens (tertiary/aromatic N) is 2. The Morgan fingerprint density at radius 3 is 3.31 bits per heavy atom. The van der Waals surface area contributed by atoms with Gasteiger partial charge in [0.2, 0.25) is 0 Å². The number of piperidine rings is 1.